The van der Waals surface area contributed by atoms with Gasteiger partial charge in [-0.2, -0.15) is 0 Å². The Kier molecular flexibility index (Phi) is 7.83. The van der Waals surface area contributed by atoms with E-state index in [1.54, 1.807) is 0 Å². The van der Waals surface area contributed by atoms with Crippen LogP contribution in [0.1, 0.15) is 30.5 Å². The first-order valence-corrected chi connectivity index (χ1v) is 10.4. The van der Waals surface area contributed by atoms with Crippen molar-refractivity contribution in [2.24, 2.45) is 5.92 Å². The monoisotopic (exact) mass is 378 g/mol. The zero-order valence-electron chi connectivity index (χ0n) is 17.5. The number of benzene rings is 4. The van der Waals surface area contributed by atoms with Gasteiger partial charge in [0.15, 0.2) is 0 Å². The van der Waals surface area contributed by atoms with Crippen LogP contribution in [0.2, 0.25) is 0 Å². The average molecular weight is 379 g/mol. The summed E-state index contributed by atoms with van der Waals surface area (Å²) < 4.78 is 0. The zero-order chi connectivity index (χ0) is 20.3. The molecule has 4 rings (SSSR count). The van der Waals surface area contributed by atoms with Crippen molar-refractivity contribution in [3.05, 3.63) is 132 Å². The lowest BCUT2D eigenvalue weighted by Crippen LogP contribution is -1.92. The summed E-state index contributed by atoms with van der Waals surface area (Å²) in [5.74, 6) is 0.766. The van der Waals surface area contributed by atoms with Gasteiger partial charge in [0, 0.05) is 0 Å². The second kappa shape index (κ2) is 11.0. The topological polar surface area (TPSA) is 0 Å². The third kappa shape index (κ3) is 7.08. The van der Waals surface area contributed by atoms with Crippen LogP contribution in [0.3, 0.4) is 0 Å². The largest absolute Gasteiger partial charge is 0.0625 e. The van der Waals surface area contributed by atoms with Crippen molar-refractivity contribution in [2.45, 2.75) is 26.7 Å². The molecule has 0 fully saturated rings. The van der Waals surface area contributed by atoms with Crippen molar-refractivity contribution in [1.82, 2.24) is 0 Å². The van der Waals surface area contributed by atoms with Gasteiger partial charge < -0.3 is 0 Å². The van der Waals surface area contributed by atoms with E-state index < -0.39 is 0 Å². The molecule has 0 atom stereocenters. The van der Waals surface area contributed by atoms with Gasteiger partial charge in [-0.05, 0) is 46.6 Å². The third-order valence-corrected chi connectivity index (χ3v) is 4.80. The molecule has 0 bridgehead atoms. The lowest BCUT2D eigenvalue weighted by Gasteiger charge is -2.05. The maximum absolute atomic E-state index is 2.24. The molecule has 0 unspecified atom stereocenters. The van der Waals surface area contributed by atoms with Crippen molar-refractivity contribution in [3.8, 4) is 11.1 Å². The van der Waals surface area contributed by atoms with E-state index in [4.69, 9.17) is 0 Å². The summed E-state index contributed by atoms with van der Waals surface area (Å²) in [4.78, 5) is 0. The van der Waals surface area contributed by atoms with Crippen molar-refractivity contribution >= 4 is 0 Å². The third-order valence-electron chi connectivity index (χ3n) is 4.80. The fraction of sp³-hybridized carbons (Fsp3) is 0.172. The summed E-state index contributed by atoms with van der Waals surface area (Å²) in [7, 11) is 0. The minimum Gasteiger partial charge on any atom is -0.0625 e. The van der Waals surface area contributed by atoms with Crippen LogP contribution < -0.4 is 0 Å². The molecule has 0 aliphatic heterocycles. The molecule has 0 aliphatic rings. The molecule has 0 heteroatoms. The maximum Gasteiger partial charge on any atom is -0.00258 e. The summed E-state index contributed by atoms with van der Waals surface area (Å²) in [6.45, 7) is 4.49. The fourth-order valence-corrected chi connectivity index (χ4v) is 3.36. The molecule has 0 heterocycles. The molecule has 0 saturated carbocycles. The van der Waals surface area contributed by atoms with Crippen LogP contribution >= 0.6 is 0 Å². The normalized spacial score (nSPS) is 10.3. The molecule has 0 saturated heterocycles. The molecule has 0 N–H and O–H groups in total. The van der Waals surface area contributed by atoms with Crippen molar-refractivity contribution in [3.63, 3.8) is 0 Å². The Hall–Kier alpha value is -3.12. The molecule has 0 aliphatic carbocycles. The first-order chi connectivity index (χ1) is 14.2. The highest BCUT2D eigenvalue weighted by Gasteiger charge is 1.98. The number of rotatable bonds is 5. The first-order valence-electron chi connectivity index (χ1n) is 10.4. The maximum atomic E-state index is 2.24. The van der Waals surface area contributed by atoms with E-state index in [0.717, 1.165) is 12.3 Å². The highest BCUT2D eigenvalue weighted by molar-refractivity contribution is 5.63. The van der Waals surface area contributed by atoms with Crippen molar-refractivity contribution in [2.75, 3.05) is 0 Å². The van der Waals surface area contributed by atoms with Crippen LogP contribution in [0, 0.1) is 5.92 Å². The SMILES string of the molecule is CC(C)Cc1ccccc1.c1ccc(Cc2ccc(-c3ccccc3)cc2)cc1. The Balaban J connectivity index is 0.000000204. The lowest BCUT2D eigenvalue weighted by atomic mass is 10.0. The molecular formula is C29H30. The molecule has 0 nitrogen and oxygen atoms in total. The quantitative estimate of drug-likeness (QED) is 0.332. The molecule has 4 aromatic rings. The molecule has 146 valence electrons. The van der Waals surface area contributed by atoms with Gasteiger partial charge in [0.1, 0.15) is 0 Å². The second-order valence-electron chi connectivity index (χ2n) is 7.81. The van der Waals surface area contributed by atoms with Gasteiger partial charge in [-0.15, -0.1) is 0 Å². The van der Waals surface area contributed by atoms with E-state index in [9.17, 15) is 0 Å². The van der Waals surface area contributed by atoms with Crippen molar-refractivity contribution < 1.29 is 0 Å². The minimum atomic E-state index is 0.766. The predicted octanol–water partition coefficient (Wildman–Crippen LogP) is 7.83. The first kappa shape index (κ1) is 20.6. The lowest BCUT2D eigenvalue weighted by molar-refractivity contribution is 0.647. The Morgan fingerprint density at radius 3 is 1.38 bits per heavy atom. The van der Waals surface area contributed by atoms with Gasteiger partial charge in [-0.25, -0.2) is 0 Å². The van der Waals surface area contributed by atoms with Crippen LogP contribution in [0.15, 0.2) is 115 Å². The molecular weight excluding hydrogens is 348 g/mol. The van der Waals surface area contributed by atoms with Gasteiger partial charge in [-0.1, -0.05) is 129 Å². The highest BCUT2D eigenvalue weighted by atomic mass is 14.0. The summed E-state index contributed by atoms with van der Waals surface area (Å²) in [6.07, 6.45) is 2.19. The second-order valence-corrected chi connectivity index (χ2v) is 7.81. The predicted molar refractivity (Wildman–Crippen MR) is 126 cm³/mol. The Morgan fingerprint density at radius 1 is 0.448 bits per heavy atom. The minimum absolute atomic E-state index is 0.766. The van der Waals surface area contributed by atoms with E-state index in [1.165, 1.54) is 34.2 Å². The number of hydrogen-bond acceptors (Lipinski definition) is 0. The fourth-order valence-electron chi connectivity index (χ4n) is 3.36. The summed E-state index contributed by atoms with van der Waals surface area (Å²) in [5.41, 5.74) is 6.70. The van der Waals surface area contributed by atoms with Crippen LogP contribution in [0.25, 0.3) is 11.1 Å². The van der Waals surface area contributed by atoms with Crippen LogP contribution in [0.4, 0.5) is 0 Å². The van der Waals surface area contributed by atoms with Crippen molar-refractivity contribution in [1.29, 1.82) is 0 Å². The van der Waals surface area contributed by atoms with E-state index >= 15 is 0 Å². The molecule has 0 radical (unpaired) electrons. The van der Waals surface area contributed by atoms with Crippen LogP contribution in [-0.4, -0.2) is 0 Å². The van der Waals surface area contributed by atoms with E-state index in [0.29, 0.717) is 0 Å². The zero-order valence-corrected chi connectivity index (χ0v) is 17.5. The van der Waals surface area contributed by atoms with Gasteiger partial charge in [0.25, 0.3) is 0 Å². The average Bonchev–Trinajstić information content (AvgIpc) is 2.76. The molecule has 4 aromatic carbocycles. The summed E-state index contributed by atoms with van der Waals surface area (Å²) >= 11 is 0. The van der Waals surface area contributed by atoms with Gasteiger partial charge in [-0.3, -0.25) is 0 Å². The smallest absolute Gasteiger partial charge is 0.00258 e. The van der Waals surface area contributed by atoms with E-state index in [2.05, 4.69) is 123 Å². The van der Waals surface area contributed by atoms with Crippen LogP contribution in [-0.2, 0) is 12.8 Å². The number of hydrogen-bond donors (Lipinski definition) is 0. The summed E-state index contributed by atoms with van der Waals surface area (Å²) in [5, 5.41) is 0. The molecule has 0 spiro atoms. The van der Waals surface area contributed by atoms with Gasteiger partial charge in [0.2, 0.25) is 0 Å². The van der Waals surface area contributed by atoms with E-state index in [-0.39, 0.29) is 0 Å². The highest BCUT2D eigenvalue weighted by Crippen LogP contribution is 2.20. The Bertz CT molecular complexity index is 937. The Labute approximate surface area is 175 Å². The van der Waals surface area contributed by atoms with E-state index in [1.807, 2.05) is 6.07 Å². The Morgan fingerprint density at radius 2 is 0.862 bits per heavy atom. The molecule has 0 aromatic heterocycles. The molecule has 0 amide bonds. The van der Waals surface area contributed by atoms with Gasteiger partial charge >= 0.3 is 0 Å². The summed E-state index contributed by atoms with van der Waals surface area (Å²) in [6, 6.07) is 40.5. The van der Waals surface area contributed by atoms with Crippen LogP contribution in [0.5, 0.6) is 0 Å². The molecule has 29 heavy (non-hydrogen) atoms. The standard InChI is InChI=1S/C19H16.C10H14/c1-3-7-16(8-4-1)15-17-11-13-19(14-12-17)18-9-5-2-6-10-18;1-9(2)8-10-6-4-3-5-7-10/h1-14H,15H2;3-7,9H,8H2,1-2H3. The van der Waals surface area contributed by atoms with Gasteiger partial charge in [0.05, 0.1) is 0 Å².